The topological polar surface area (TPSA) is 3.24 Å². The first-order valence-electron chi connectivity index (χ1n) is 5.40. The van der Waals surface area contributed by atoms with Crippen LogP contribution in [0.4, 0.5) is 5.69 Å². The zero-order chi connectivity index (χ0) is 10.7. The minimum atomic E-state index is 1.14. The smallest absolute Gasteiger partial charge is 0.0393 e. The van der Waals surface area contributed by atoms with Crippen LogP contribution in [-0.2, 0) is 12.8 Å². The fourth-order valence-corrected chi connectivity index (χ4v) is 2.11. The fourth-order valence-electron chi connectivity index (χ4n) is 2.11. The van der Waals surface area contributed by atoms with E-state index < -0.39 is 0 Å². The number of benzene rings is 1. The third kappa shape index (κ3) is 1.92. The SMILES string of the molecule is CCc1ccc(N(C)C)c(C)c1CC. The van der Waals surface area contributed by atoms with Gasteiger partial charge in [-0.2, -0.15) is 0 Å². The lowest BCUT2D eigenvalue weighted by Crippen LogP contribution is -2.12. The highest BCUT2D eigenvalue weighted by atomic mass is 15.1. The van der Waals surface area contributed by atoms with Crippen LogP contribution in [0.2, 0.25) is 0 Å². The monoisotopic (exact) mass is 191 g/mol. The molecule has 0 saturated heterocycles. The van der Waals surface area contributed by atoms with Crippen LogP contribution in [0, 0.1) is 6.92 Å². The van der Waals surface area contributed by atoms with Crippen LogP contribution in [0.1, 0.15) is 30.5 Å². The van der Waals surface area contributed by atoms with Crippen molar-refractivity contribution < 1.29 is 0 Å². The van der Waals surface area contributed by atoms with Gasteiger partial charge < -0.3 is 4.90 Å². The summed E-state index contributed by atoms with van der Waals surface area (Å²) < 4.78 is 0. The summed E-state index contributed by atoms with van der Waals surface area (Å²) in [6.07, 6.45) is 2.27. The maximum Gasteiger partial charge on any atom is 0.0393 e. The predicted molar refractivity (Wildman–Crippen MR) is 64.3 cm³/mol. The van der Waals surface area contributed by atoms with Crippen molar-refractivity contribution in [3.63, 3.8) is 0 Å². The molecule has 0 spiro atoms. The first kappa shape index (κ1) is 11.1. The zero-order valence-corrected chi connectivity index (χ0v) is 10.0. The largest absolute Gasteiger partial charge is 0.377 e. The molecule has 0 aliphatic rings. The number of hydrogen-bond donors (Lipinski definition) is 0. The van der Waals surface area contributed by atoms with E-state index in [1.165, 1.54) is 22.4 Å². The maximum absolute atomic E-state index is 2.27. The Kier molecular flexibility index (Phi) is 3.56. The van der Waals surface area contributed by atoms with Crippen molar-refractivity contribution >= 4 is 5.69 Å². The van der Waals surface area contributed by atoms with Gasteiger partial charge in [0, 0.05) is 19.8 Å². The molecule has 0 aliphatic carbocycles. The Labute approximate surface area is 87.7 Å². The van der Waals surface area contributed by atoms with Gasteiger partial charge in [0.15, 0.2) is 0 Å². The van der Waals surface area contributed by atoms with Crippen molar-refractivity contribution in [2.75, 3.05) is 19.0 Å². The molecule has 0 saturated carbocycles. The highest BCUT2D eigenvalue weighted by molar-refractivity contribution is 5.57. The van der Waals surface area contributed by atoms with Gasteiger partial charge in [-0.1, -0.05) is 19.9 Å². The number of rotatable bonds is 3. The van der Waals surface area contributed by atoms with Gasteiger partial charge in [0.05, 0.1) is 0 Å². The third-order valence-electron chi connectivity index (χ3n) is 2.88. The van der Waals surface area contributed by atoms with Crippen LogP contribution in [0.3, 0.4) is 0 Å². The van der Waals surface area contributed by atoms with E-state index in [2.05, 4.69) is 51.9 Å². The van der Waals surface area contributed by atoms with Crippen molar-refractivity contribution in [3.05, 3.63) is 28.8 Å². The Morgan fingerprint density at radius 1 is 1.07 bits per heavy atom. The molecule has 1 aromatic carbocycles. The summed E-state index contributed by atoms with van der Waals surface area (Å²) >= 11 is 0. The summed E-state index contributed by atoms with van der Waals surface area (Å²) in [7, 11) is 4.21. The van der Waals surface area contributed by atoms with E-state index in [-0.39, 0.29) is 0 Å². The number of aryl methyl sites for hydroxylation is 1. The van der Waals surface area contributed by atoms with Crippen molar-refractivity contribution in [3.8, 4) is 0 Å². The van der Waals surface area contributed by atoms with Gasteiger partial charge in [-0.25, -0.2) is 0 Å². The molecule has 0 unspecified atom stereocenters. The van der Waals surface area contributed by atoms with Gasteiger partial charge in [-0.05, 0) is 42.5 Å². The highest BCUT2D eigenvalue weighted by Gasteiger charge is 2.08. The van der Waals surface area contributed by atoms with E-state index >= 15 is 0 Å². The predicted octanol–water partition coefficient (Wildman–Crippen LogP) is 3.19. The zero-order valence-electron chi connectivity index (χ0n) is 10.0. The van der Waals surface area contributed by atoms with Crippen LogP contribution in [-0.4, -0.2) is 14.1 Å². The average molecular weight is 191 g/mol. The summed E-state index contributed by atoms with van der Waals surface area (Å²) in [5.41, 5.74) is 5.81. The van der Waals surface area contributed by atoms with E-state index in [4.69, 9.17) is 0 Å². The van der Waals surface area contributed by atoms with E-state index in [9.17, 15) is 0 Å². The standard InChI is InChI=1S/C13H21N/c1-6-11-8-9-13(14(4)5)10(3)12(11)7-2/h8-9H,6-7H2,1-5H3. The number of hydrogen-bond acceptors (Lipinski definition) is 1. The summed E-state index contributed by atoms with van der Waals surface area (Å²) in [6.45, 7) is 6.69. The van der Waals surface area contributed by atoms with Gasteiger partial charge >= 0.3 is 0 Å². The first-order valence-corrected chi connectivity index (χ1v) is 5.40. The minimum absolute atomic E-state index is 1.14. The van der Waals surface area contributed by atoms with E-state index in [1.807, 2.05) is 0 Å². The molecule has 0 aromatic heterocycles. The lowest BCUT2D eigenvalue weighted by atomic mass is 9.96. The molecule has 14 heavy (non-hydrogen) atoms. The van der Waals surface area contributed by atoms with Crippen LogP contribution >= 0.6 is 0 Å². The Hall–Kier alpha value is -0.980. The normalized spacial score (nSPS) is 10.4. The third-order valence-corrected chi connectivity index (χ3v) is 2.88. The summed E-state index contributed by atoms with van der Waals surface area (Å²) in [5, 5.41) is 0. The Bertz CT molecular complexity index is 313. The van der Waals surface area contributed by atoms with E-state index in [1.54, 1.807) is 0 Å². The second-order valence-corrected chi connectivity index (χ2v) is 3.95. The second-order valence-electron chi connectivity index (χ2n) is 3.95. The van der Waals surface area contributed by atoms with Crippen molar-refractivity contribution in [1.29, 1.82) is 0 Å². The van der Waals surface area contributed by atoms with Crippen LogP contribution in [0.15, 0.2) is 12.1 Å². The van der Waals surface area contributed by atoms with Crippen molar-refractivity contribution in [1.82, 2.24) is 0 Å². The van der Waals surface area contributed by atoms with E-state index in [0.717, 1.165) is 12.8 Å². The molecule has 78 valence electrons. The fraction of sp³-hybridized carbons (Fsp3) is 0.538. The molecule has 1 nitrogen and oxygen atoms in total. The summed E-state index contributed by atoms with van der Waals surface area (Å²) in [5.74, 6) is 0. The van der Waals surface area contributed by atoms with Gasteiger partial charge in [-0.3, -0.25) is 0 Å². The quantitative estimate of drug-likeness (QED) is 0.709. The molecule has 1 heteroatoms. The molecule has 0 radical (unpaired) electrons. The Morgan fingerprint density at radius 3 is 2.14 bits per heavy atom. The van der Waals surface area contributed by atoms with Gasteiger partial charge in [0.1, 0.15) is 0 Å². The highest BCUT2D eigenvalue weighted by Crippen LogP contribution is 2.25. The molecular formula is C13H21N. The van der Waals surface area contributed by atoms with Gasteiger partial charge in [0.25, 0.3) is 0 Å². The molecule has 1 rings (SSSR count). The Balaban J connectivity index is 3.27. The lowest BCUT2D eigenvalue weighted by molar-refractivity contribution is 1.00. The molecule has 0 amide bonds. The molecule has 1 aromatic rings. The maximum atomic E-state index is 2.27. The average Bonchev–Trinajstić information content (AvgIpc) is 2.16. The van der Waals surface area contributed by atoms with Crippen LogP contribution < -0.4 is 4.90 Å². The summed E-state index contributed by atoms with van der Waals surface area (Å²) in [6, 6.07) is 4.49. The van der Waals surface area contributed by atoms with Gasteiger partial charge in [-0.15, -0.1) is 0 Å². The molecule has 0 fully saturated rings. The second kappa shape index (κ2) is 4.50. The van der Waals surface area contributed by atoms with Crippen molar-refractivity contribution in [2.45, 2.75) is 33.6 Å². The van der Waals surface area contributed by atoms with Crippen LogP contribution in [0.25, 0.3) is 0 Å². The molecule has 0 N–H and O–H groups in total. The molecule has 0 aliphatic heterocycles. The van der Waals surface area contributed by atoms with E-state index in [0.29, 0.717) is 0 Å². The molecule has 0 atom stereocenters. The summed E-state index contributed by atoms with van der Waals surface area (Å²) in [4.78, 5) is 2.19. The molecule has 0 heterocycles. The first-order chi connectivity index (χ1) is 6.61. The number of nitrogens with zero attached hydrogens (tertiary/aromatic N) is 1. The molecular weight excluding hydrogens is 170 g/mol. The number of anilines is 1. The van der Waals surface area contributed by atoms with Crippen LogP contribution in [0.5, 0.6) is 0 Å². The molecule has 0 bridgehead atoms. The Morgan fingerprint density at radius 2 is 1.71 bits per heavy atom. The van der Waals surface area contributed by atoms with Gasteiger partial charge in [0.2, 0.25) is 0 Å². The lowest BCUT2D eigenvalue weighted by Gasteiger charge is -2.20. The van der Waals surface area contributed by atoms with Crippen molar-refractivity contribution in [2.24, 2.45) is 0 Å². The minimum Gasteiger partial charge on any atom is -0.377 e.